The molecule has 0 radical (unpaired) electrons. The second-order valence-corrected chi connectivity index (χ2v) is 6.26. The quantitative estimate of drug-likeness (QED) is 0.809. The lowest BCUT2D eigenvalue weighted by atomic mass is 9.75. The molecule has 0 amide bonds. The van der Waals surface area contributed by atoms with Crippen LogP contribution in [0.4, 0.5) is 5.69 Å². The predicted molar refractivity (Wildman–Crippen MR) is 76.4 cm³/mol. The molecule has 0 aromatic heterocycles. The lowest BCUT2D eigenvalue weighted by Crippen LogP contribution is -2.59. The Bertz CT molecular complexity index is 470. The van der Waals surface area contributed by atoms with Gasteiger partial charge in [-0.05, 0) is 49.9 Å². The van der Waals surface area contributed by atoms with Crippen LogP contribution in [0.3, 0.4) is 0 Å². The largest absolute Gasteiger partial charge is 0.396 e. The van der Waals surface area contributed by atoms with Crippen molar-refractivity contribution in [1.29, 1.82) is 0 Å². The predicted octanol–water partition coefficient (Wildman–Crippen LogP) is 2.04. The van der Waals surface area contributed by atoms with E-state index in [2.05, 4.69) is 34.5 Å². The maximum atomic E-state index is 9.71. The molecule has 4 unspecified atom stereocenters. The van der Waals surface area contributed by atoms with Crippen LogP contribution in [0, 0.1) is 5.92 Å². The molecule has 3 aliphatic rings. The van der Waals surface area contributed by atoms with E-state index in [9.17, 15) is 5.11 Å². The highest BCUT2D eigenvalue weighted by atomic mass is 16.3. The fourth-order valence-corrected chi connectivity index (χ4v) is 4.54. The average molecular weight is 258 g/mol. The lowest BCUT2D eigenvalue weighted by Gasteiger charge is -2.49. The monoisotopic (exact) mass is 258 g/mol. The molecule has 0 bridgehead atoms. The standard InChI is InChI=1S/C16H22N2O/c19-10-11-4-3-8-18-9-7-13-12-5-1-2-6-14(12)17-15(13)16(11)18/h1-2,5-6,11,13,15-17,19H,3-4,7-10H2. The molecule has 2 saturated heterocycles. The summed E-state index contributed by atoms with van der Waals surface area (Å²) in [7, 11) is 0. The molecule has 19 heavy (non-hydrogen) atoms. The van der Waals surface area contributed by atoms with Crippen LogP contribution in [0.5, 0.6) is 0 Å². The summed E-state index contributed by atoms with van der Waals surface area (Å²) in [5.74, 6) is 1.09. The van der Waals surface area contributed by atoms with Gasteiger partial charge in [-0.15, -0.1) is 0 Å². The molecule has 2 N–H and O–H groups in total. The van der Waals surface area contributed by atoms with E-state index in [0.29, 0.717) is 30.5 Å². The van der Waals surface area contributed by atoms with Crippen molar-refractivity contribution in [1.82, 2.24) is 4.90 Å². The molecule has 3 heterocycles. The van der Waals surface area contributed by atoms with Crippen molar-refractivity contribution < 1.29 is 5.11 Å². The van der Waals surface area contributed by atoms with Crippen molar-refractivity contribution in [2.45, 2.75) is 37.3 Å². The van der Waals surface area contributed by atoms with Gasteiger partial charge < -0.3 is 10.4 Å². The summed E-state index contributed by atoms with van der Waals surface area (Å²) in [6.07, 6.45) is 3.67. The molecule has 1 aromatic rings. The van der Waals surface area contributed by atoms with E-state index in [1.165, 1.54) is 43.6 Å². The number of fused-ring (bicyclic) bond motifs is 5. The van der Waals surface area contributed by atoms with E-state index < -0.39 is 0 Å². The van der Waals surface area contributed by atoms with Crippen molar-refractivity contribution in [3.05, 3.63) is 29.8 Å². The topological polar surface area (TPSA) is 35.5 Å². The van der Waals surface area contributed by atoms with Crippen LogP contribution >= 0.6 is 0 Å². The van der Waals surface area contributed by atoms with Gasteiger partial charge in [-0.2, -0.15) is 0 Å². The number of nitrogens with zero attached hydrogens (tertiary/aromatic N) is 1. The summed E-state index contributed by atoms with van der Waals surface area (Å²) in [5, 5.41) is 13.5. The first-order valence-electron chi connectivity index (χ1n) is 7.59. The summed E-state index contributed by atoms with van der Waals surface area (Å²) in [4.78, 5) is 2.62. The number of para-hydroxylation sites is 1. The Morgan fingerprint density at radius 1 is 1.21 bits per heavy atom. The molecule has 3 nitrogen and oxygen atoms in total. The number of aliphatic hydroxyl groups excluding tert-OH is 1. The Morgan fingerprint density at radius 2 is 2.11 bits per heavy atom. The van der Waals surface area contributed by atoms with Crippen LogP contribution in [0.15, 0.2) is 24.3 Å². The van der Waals surface area contributed by atoms with Gasteiger partial charge in [0, 0.05) is 30.3 Å². The zero-order valence-corrected chi connectivity index (χ0v) is 11.3. The Kier molecular flexibility index (Phi) is 2.78. The van der Waals surface area contributed by atoms with Crippen LogP contribution in [0.2, 0.25) is 0 Å². The van der Waals surface area contributed by atoms with Gasteiger partial charge in [0.1, 0.15) is 0 Å². The zero-order chi connectivity index (χ0) is 12.8. The number of hydrogen-bond acceptors (Lipinski definition) is 3. The number of anilines is 1. The third-order valence-electron chi connectivity index (χ3n) is 5.37. The molecular weight excluding hydrogens is 236 g/mol. The van der Waals surface area contributed by atoms with Crippen LogP contribution in [0.25, 0.3) is 0 Å². The summed E-state index contributed by atoms with van der Waals surface area (Å²) in [6, 6.07) is 9.77. The van der Waals surface area contributed by atoms with Crippen molar-refractivity contribution in [3.63, 3.8) is 0 Å². The second-order valence-electron chi connectivity index (χ2n) is 6.26. The van der Waals surface area contributed by atoms with E-state index in [-0.39, 0.29) is 0 Å². The van der Waals surface area contributed by atoms with Crippen molar-refractivity contribution in [2.24, 2.45) is 5.92 Å². The van der Waals surface area contributed by atoms with Gasteiger partial charge in [0.2, 0.25) is 0 Å². The minimum Gasteiger partial charge on any atom is -0.396 e. The number of benzene rings is 1. The molecule has 0 spiro atoms. The van der Waals surface area contributed by atoms with Gasteiger partial charge in [0.15, 0.2) is 0 Å². The fraction of sp³-hybridized carbons (Fsp3) is 0.625. The number of rotatable bonds is 1. The molecule has 102 valence electrons. The number of nitrogens with one attached hydrogen (secondary N) is 1. The van der Waals surface area contributed by atoms with Crippen molar-refractivity contribution in [2.75, 3.05) is 25.0 Å². The molecule has 4 rings (SSSR count). The first-order valence-corrected chi connectivity index (χ1v) is 7.59. The van der Waals surface area contributed by atoms with E-state index in [0.717, 1.165) is 0 Å². The highest BCUT2D eigenvalue weighted by molar-refractivity contribution is 5.60. The van der Waals surface area contributed by atoms with E-state index >= 15 is 0 Å². The zero-order valence-electron chi connectivity index (χ0n) is 11.3. The first-order chi connectivity index (χ1) is 9.38. The smallest absolute Gasteiger partial charge is 0.0490 e. The minimum atomic E-state index is 0.336. The summed E-state index contributed by atoms with van der Waals surface area (Å²) in [6.45, 7) is 2.74. The molecular formula is C16H22N2O. The van der Waals surface area contributed by atoms with E-state index in [1.807, 2.05) is 0 Å². The highest BCUT2D eigenvalue weighted by Crippen LogP contribution is 2.46. The third kappa shape index (κ3) is 1.72. The Hall–Kier alpha value is -1.06. The fourth-order valence-electron chi connectivity index (χ4n) is 4.54. The summed E-state index contributed by atoms with van der Waals surface area (Å²) < 4.78 is 0. The SMILES string of the molecule is OCC1CCCN2CCC3c4ccccc4NC3C12. The van der Waals surface area contributed by atoms with Crippen LogP contribution < -0.4 is 5.32 Å². The van der Waals surface area contributed by atoms with E-state index in [4.69, 9.17) is 0 Å². The number of piperidine rings is 2. The van der Waals surface area contributed by atoms with Gasteiger partial charge >= 0.3 is 0 Å². The average Bonchev–Trinajstić information content (AvgIpc) is 2.85. The number of aliphatic hydroxyl groups is 1. The normalized spacial score (nSPS) is 37.1. The lowest BCUT2D eigenvalue weighted by molar-refractivity contribution is 0.0183. The first kappa shape index (κ1) is 11.7. The van der Waals surface area contributed by atoms with Gasteiger partial charge in [-0.25, -0.2) is 0 Å². The minimum absolute atomic E-state index is 0.336. The van der Waals surface area contributed by atoms with E-state index in [1.54, 1.807) is 0 Å². The van der Waals surface area contributed by atoms with Gasteiger partial charge in [0.25, 0.3) is 0 Å². The molecule has 0 saturated carbocycles. The maximum absolute atomic E-state index is 9.71. The Balaban J connectivity index is 1.68. The van der Waals surface area contributed by atoms with Gasteiger partial charge in [0.05, 0.1) is 0 Å². The molecule has 4 atom stereocenters. The Morgan fingerprint density at radius 3 is 3.00 bits per heavy atom. The third-order valence-corrected chi connectivity index (χ3v) is 5.37. The molecule has 3 heteroatoms. The Labute approximate surface area is 114 Å². The highest BCUT2D eigenvalue weighted by Gasteiger charge is 2.47. The van der Waals surface area contributed by atoms with Gasteiger partial charge in [-0.3, -0.25) is 4.90 Å². The van der Waals surface area contributed by atoms with Crippen molar-refractivity contribution in [3.8, 4) is 0 Å². The molecule has 1 aromatic carbocycles. The van der Waals surface area contributed by atoms with Crippen LogP contribution in [-0.4, -0.2) is 41.8 Å². The van der Waals surface area contributed by atoms with Crippen molar-refractivity contribution >= 4 is 5.69 Å². The molecule has 2 fully saturated rings. The number of hydrogen-bond donors (Lipinski definition) is 2. The summed E-state index contributed by atoms with van der Waals surface area (Å²) in [5.41, 5.74) is 2.82. The molecule has 0 aliphatic carbocycles. The summed E-state index contributed by atoms with van der Waals surface area (Å²) >= 11 is 0. The van der Waals surface area contributed by atoms with Crippen LogP contribution in [0.1, 0.15) is 30.7 Å². The van der Waals surface area contributed by atoms with Crippen LogP contribution in [-0.2, 0) is 0 Å². The van der Waals surface area contributed by atoms with Gasteiger partial charge in [-0.1, -0.05) is 18.2 Å². The second kappa shape index (κ2) is 4.50. The maximum Gasteiger partial charge on any atom is 0.0490 e. The molecule has 3 aliphatic heterocycles.